The zero-order chi connectivity index (χ0) is 11.5. The summed E-state index contributed by atoms with van der Waals surface area (Å²) in [7, 11) is 1.81. The number of rotatable bonds is 3. The number of nitrogens with zero attached hydrogens (tertiary/aromatic N) is 2. The second-order valence-corrected chi connectivity index (χ2v) is 6.23. The van der Waals surface area contributed by atoms with Crippen molar-refractivity contribution in [2.45, 2.75) is 19.3 Å². The predicted octanol–water partition coefficient (Wildman–Crippen LogP) is 2.90. The van der Waals surface area contributed by atoms with Crippen LogP contribution in [0.3, 0.4) is 0 Å². The molecule has 0 bridgehead atoms. The van der Waals surface area contributed by atoms with E-state index in [0.717, 1.165) is 4.47 Å². The maximum Gasteiger partial charge on any atom is 0.182 e. The summed E-state index contributed by atoms with van der Waals surface area (Å²) in [6.07, 6.45) is 4.69. The van der Waals surface area contributed by atoms with E-state index >= 15 is 0 Å². The minimum Gasteiger partial charge on any atom is -0.292 e. The Morgan fingerprint density at radius 3 is 2.88 bits per heavy atom. The van der Waals surface area contributed by atoms with Crippen molar-refractivity contribution >= 4 is 33.5 Å². The van der Waals surface area contributed by atoms with Crippen LogP contribution in [0.5, 0.6) is 0 Å². The zero-order valence-electron chi connectivity index (χ0n) is 9.28. The second kappa shape index (κ2) is 5.36. The Bertz CT molecular complexity index is 366. The summed E-state index contributed by atoms with van der Waals surface area (Å²) >= 11 is 5.37. The fourth-order valence-corrected chi connectivity index (χ4v) is 3.81. The van der Waals surface area contributed by atoms with Crippen molar-refractivity contribution in [2.75, 3.05) is 11.5 Å². The summed E-state index contributed by atoms with van der Waals surface area (Å²) in [5, 5.41) is 4.08. The molecule has 1 aromatic rings. The third-order valence-corrected chi connectivity index (χ3v) is 4.60. The van der Waals surface area contributed by atoms with Crippen molar-refractivity contribution in [1.29, 1.82) is 0 Å². The number of hydrogen-bond donors (Lipinski definition) is 0. The fourth-order valence-electron chi connectivity index (χ4n) is 2.03. The van der Waals surface area contributed by atoms with Crippen LogP contribution in [0.15, 0.2) is 10.7 Å². The summed E-state index contributed by atoms with van der Waals surface area (Å²) < 4.78 is 2.47. The Balaban J connectivity index is 2.02. The minimum absolute atomic E-state index is 0.212. The molecule has 0 radical (unpaired) electrons. The topological polar surface area (TPSA) is 34.9 Å². The maximum atomic E-state index is 12.1. The fraction of sp³-hybridized carbons (Fsp3) is 0.636. The monoisotopic (exact) mass is 302 g/mol. The molecule has 0 N–H and O–H groups in total. The number of Topliss-reactive ketones (excluding diaryl/α,β-unsaturated/α-hetero) is 1. The predicted molar refractivity (Wildman–Crippen MR) is 69.9 cm³/mol. The number of hydrogen-bond acceptors (Lipinski definition) is 3. The normalized spacial score (nSPS) is 17.6. The third-order valence-electron chi connectivity index (χ3n) is 2.97. The van der Waals surface area contributed by atoms with E-state index in [-0.39, 0.29) is 5.78 Å². The molecule has 1 aromatic heterocycles. The lowest BCUT2D eigenvalue weighted by molar-refractivity contribution is 0.0948. The number of carbonyl (C=O) groups excluding carboxylic acids is 1. The Labute approximate surface area is 108 Å². The Morgan fingerprint density at radius 2 is 2.31 bits per heavy atom. The molecule has 88 valence electrons. The Hall–Kier alpha value is -0.290. The van der Waals surface area contributed by atoms with Crippen molar-refractivity contribution in [3.63, 3.8) is 0 Å². The quantitative estimate of drug-likeness (QED) is 0.805. The van der Waals surface area contributed by atoms with E-state index in [1.165, 1.54) is 24.3 Å². The highest BCUT2D eigenvalue weighted by molar-refractivity contribution is 9.10. The Morgan fingerprint density at radius 1 is 1.62 bits per heavy atom. The van der Waals surface area contributed by atoms with Crippen molar-refractivity contribution < 1.29 is 4.79 Å². The number of halogens is 1. The summed E-state index contributed by atoms with van der Waals surface area (Å²) in [5.74, 6) is 3.17. The number of ketones is 1. The van der Waals surface area contributed by atoms with Gasteiger partial charge in [0.25, 0.3) is 0 Å². The number of aromatic nitrogens is 2. The summed E-state index contributed by atoms with van der Waals surface area (Å²) in [6.45, 7) is 0. The van der Waals surface area contributed by atoms with Crippen LogP contribution in [0.2, 0.25) is 0 Å². The van der Waals surface area contributed by atoms with Gasteiger partial charge in [-0.15, -0.1) is 0 Å². The van der Waals surface area contributed by atoms with Crippen LogP contribution in [-0.2, 0) is 7.05 Å². The second-order valence-electron chi connectivity index (χ2n) is 4.15. The van der Waals surface area contributed by atoms with Crippen LogP contribution >= 0.6 is 27.7 Å². The van der Waals surface area contributed by atoms with Gasteiger partial charge in [0.1, 0.15) is 5.69 Å². The van der Waals surface area contributed by atoms with Crippen LogP contribution < -0.4 is 0 Å². The molecular formula is C11H15BrN2OS. The van der Waals surface area contributed by atoms with Gasteiger partial charge in [0.15, 0.2) is 5.78 Å². The molecule has 3 nitrogen and oxygen atoms in total. The molecule has 1 fully saturated rings. The van der Waals surface area contributed by atoms with Gasteiger partial charge >= 0.3 is 0 Å². The molecule has 5 heteroatoms. The largest absolute Gasteiger partial charge is 0.292 e. The van der Waals surface area contributed by atoms with Gasteiger partial charge in [-0.05, 0) is 46.2 Å². The smallest absolute Gasteiger partial charge is 0.182 e. The molecule has 0 aliphatic carbocycles. The van der Waals surface area contributed by atoms with Gasteiger partial charge in [-0.1, -0.05) is 0 Å². The summed E-state index contributed by atoms with van der Waals surface area (Å²) in [6, 6.07) is 0. The highest BCUT2D eigenvalue weighted by atomic mass is 79.9. The first-order valence-electron chi connectivity index (χ1n) is 5.47. The van der Waals surface area contributed by atoms with Gasteiger partial charge in [0, 0.05) is 13.5 Å². The molecule has 2 rings (SSSR count). The average Bonchev–Trinajstić information content (AvgIpc) is 2.60. The number of carbonyl (C=O) groups is 1. The van der Waals surface area contributed by atoms with Crippen molar-refractivity contribution in [3.8, 4) is 0 Å². The van der Waals surface area contributed by atoms with E-state index in [0.29, 0.717) is 18.0 Å². The maximum absolute atomic E-state index is 12.1. The Kier molecular flexibility index (Phi) is 4.08. The number of thioether (sulfide) groups is 1. The first-order valence-corrected chi connectivity index (χ1v) is 7.41. The van der Waals surface area contributed by atoms with E-state index in [2.05, 4.69) is 21.0 Å². The van der Waals surface area contributed by atoms with E-state index in [1.807, 2.05) is 18.8 Å². The van der Waals surface area contributed by atoms with Gasteiger partial charge in [0.2, 0.25) is 0 Å². The average molecular weight is 303 g/mol. The molecule has 0 amide bonds. The van der Waals surface area contributed by atoms with E-state index < -0.39 is 0 Å². The lowest BCUT2D eigenvalue weighted by Gasteiger charge is -2.20. The molecule has 2 heterocycles. The zero-order valence-corrected chi connectivity index (χ0v) is 11.7. The van der Waals surface area contributed by atoms with Gasteiger partial charge < -0.3 is 0 Å². The lowest BCUT2D eigenvalue weighted by atomic mass is 9.95. The minimum atomic E-state index is 0.212. The molecule has 0 aromatic carbocycles. The van der Waals surface area contributed by atoms with E-state index in [4.69, 9.17) is 0 Å². The molecule has 1 saturated heterocycles. The molecule has 0 unspecified atom stereocenters. The third kappa shape index (κ3) is 2.69. The first-order chi connectivity index (χ1) is 7.68. The lowest BCUT2D eigenvalue weighted by Crippen LogP contribution is -2.16. The highest BCUT2D eigenvalue weighted by Gasteiger charge is 2.21. The standard InChI is InChI=1S/C11H15BrN2OS/c1-14-11(9(12)7-13-14)10(15)6-8-2-4-16-5-3-8/h7-8H,2-6H2,1H3. The SMILES string of the molecule is Cn1ncc(Br)c1C(=O)CC1CCSCC1. The molecular weight excluding hydrogens is 288 g/mol. The van der Waals surface area contributed by atoms with Gasteiger partial charge in [-0.25, -0.2) is 0 Å². The van der Waals surface area contributed by atoms with Crippen LogP contribution in [0.4, 0.5) is 0 Å². The van der Waals surface area contributed by atoms with Gasteiger partial charge in [-0.3, -0.25) is 9.48 Å². The van der Waals surface area contributed by atoms with Crippen LogP contribution in [0, 0.1) is 5.92 Å². The van der Waals surface area contributed by atoms with Gasteiger partial charge in [-0.2, -0.15) is 16.9 Å². The highest BCUT2D eigenvalue weighted by Crippen LogP contribution is 2.27. The number of aryl methyl sites for hydroxylation is 1. The van der Waals surface area contributed by atoms with Crippen LogP contribution in [0.25, 0.3) is 0 Å². The van der Waals surface area contributed by atoms with Crippen molar-refractivity contribution in [1.82, 2.24) is 9.78 Å². The molecule has 1 aliphatic rings. The van der Waals surface area contributed by atoms with Gasteiger partial charge in [0.05, 0.1) is 10.7 Å². The first kappa shape index (κ1) is 12.2. The molecule has 1 aliphatic heterocycles. The summed E-state index contributed by atoms with van der Waals surface area (Å²) in [5.41, 5.74) is 0.707. The summed E-state index contributed by atoms with van der Waals surface area (Å²) in [4.78, 5) is 12.1. The van der Waals surface area contributed by atoms with Crippen molar-refractivity contribution in [3.05, 3.63) is 16.4 Å². The van der Waals surface area contributed by atoms with E-state index in [1.54, 1.807) is 10.9 Å². The van der Waals surface area contributed by atoms with Crippen molar-refractivity contribution in [2.24, 2.45) is 13.0 Å². The van der Waals surface area contributed by atoms with Crippen LogP contribution in [-0.4, -0.2) is 27.1 Å². The molecule has 0 saturated carbocycles. The van der Waals surface area contributed by atoms with E-state index in [9.17, 15) is 4.79 Å². The molecule has 0 spiro atoms. The van der Waals surface area contributed by atoms with Crippen LogP contribution in [0.1, 0.15) is 29.8 Å². The molecule has 16 heavy (non-hydrogen) atoms. The molecule has 0 atom stereocenters.